The molecule has 3 rings (SSSR count). The molecule has 1 N–H and O–H groups in total. The standard InChI is InChI=1S/C20H23NO3S/c1-12(2)24-20(23)17-15-9-4-5-10-16(15)25-19(17)21-18(22)14-8-6-7-13(3)11-14/h6-8,11-12H,4-5,9-10H2,1-3H3,(H,21,22). The van der Waals surface area contributed by atoms with Crippen molar-refractivity contribution in [3.8, 4) is 0 Å². The molecule has 5 heteroatoms. The molecule has 1 aliphatic carbocycles. The van der Waals surface area contributed by atoms with E-state index >= 15 is 0 Å². The topological polar surface area (TPSA) is 55.4 Å². The molecule has 0 radical (unpaired) electrons. The molecular formula is C20H23NO3S. The fourth-order valence-electron chi connectivity index (χ4n) is 3.10. The Hall–Kier alpha value is -2.14. The number of carbonyl (C=O) groups is 2. The third-order valence-corrected chi connectivity index (χ3v) is 5.43. The number of thiophene rings is 1. The molecule has 1 aliphatic rings. The largest absolute Gasteiger partial charge is 0.459 e. The van der Waals surface area contributed by atoms with Crippen LogP contribution in [0.2, 0.25) is 0 Å². The minimum atomic E-state index is -0.339. The molecule has 1 aromatic heterocycles. The molecule has 0 saturated heterocycles. The van der Waals surface area contributed by atoms with Gasteiger partial charge >= 0.3 is 5.97 Å². The van der Waals surface area contributed by atoms with Gasteiger partial charge < -0.3 is 10.1 Å². The van der Waals surface area contributed by atoms with Gasteiger partial charge in [0, 0.05) is 10.4 Å². The van der Waals surface area contributed by atoms with Gasteiger partial charge in [0.1, 0.15) is 5.00 Å². The monoisotopic (exact) mass is 357 g/mol. The number of ether oxygens (including phenoxy) is 1. The number of rotatable bonds is 4. The number of hydrogen-bond acceptors (Lipinski definition) is 4. The Bertz CT molecular complexity index is 807. The van der Waals surface area contributed by atoms with Crippen LogP contribution in [-0.4, -0.2) is 18.0 Å². The van der Waals surface area contributed by atoms with Gasteiger partial charge in [-0.2, -0.15) is 0 Å². The van der Waals surface area contributed by atoms with Crippen molar-refractivity contribution in [1.82, 2.24) is 0 Å². The van der Waals surface area contributed by atoms with Crippen molar-refractivity contribution in [2.24, 2.45) is 0 Å². The summed E-state index contributed by atoms with van der Waals surface area (Å²) in [5.41, 5.74) is 3.22. The predicted molar refractivity (Wildman–Crippen MR) is 101 cm³/mol. The van der Waals surface area contributed by atoms with E-state index < -0.39 is 0 Å². The van der Waals surface area contributed by atoms with Crippen LogP contribution in [-0.2, 0) is 17.6 Å². The number of esters is 1. The first kappa shape index (κ1) is 17.7. The lowest BCUT2D eigenvalue weighted by Crippen LogP contribution is -2.18. The van der Waals surface area contributed by atoms with Gasteiger partial charge in [0.05, 0.1) is 11.7 Å². The quantitative estimate of drug-likeness (QED) is 0.803. The van der Waals surface area contributed by atoms with Crippen molar-refractivity contribution in [3.63, 3.8) is 0 Å². The Balaban J connectivity index is 1.93. The second-order valence-corrected chi connectivity index (χ2v) is 7.80. The summed E-state index contributed by atoms with van der Waals surface area (Å²) in [6.07, 6.45) is 3.83. The van der Waals surface area contributed by atoms with E-state index in [-0.39, 0.29) is 18.0 Å². The Morgan fingerprint density at radius 2 is 1.96 bits per heavy atom. The maximum absolute atomic E-state index is 12.6. The summed E-state index contributed by atoms with van der Waals surface area (Å²) in [4.78, 5) is 26.4. The number of benzene rings is 1. The van der Waals surface area contributed by atoms with Crippen molar-refractivity contribution in [1.29, 1.82) is 0 Å². The first-order chi connectivity index (χ1) is 12.0. The van der Waals surface area contributed by atoms with Gasteiger partial charge in [-0.3, -0.25) is 4.79 Å². The summed E-state index contributed by atoms with van der Waals surface area (Å²) in [6.45, 7) is 5.62. The number of aryl methyl sites for hydroxylation is 2. The third-order valence-electron chi connectivity index (χ3n) is 4.23. The number of carbonyl (C=O) groups excluding carboxylic acids is 2. The lowest BCUT2D eigenvalue weighted by atomic mass is 9.95. The molecule has 25 heavy (non-hydrogen) atoms. The van der Waals surface area contributed by atoms with Crippen LogP contribution in [0, 0.1) is 6.92 Å². The summed E-state index contributed by atoms with van der Waals surface area (Å²) < 4.78 is 5.42. The lowest BCUT2D eigenvalue weighted by Gasteiger charge is -2.14. The predicted octanol–water partition coefficient (Wildman–Crippen LogP) is 4.75. The molecule has 1 amide bonds. The molecule has 0 atom stereocenters. The van der Waals surface area contributed by atoms with E-state index in [0.29, 0.717) is 16.1 Å². The van der Waals surface area contributed by atoms with E-state index in [9.17, 15) is 9.59 Å². The molecule has 0 bridgehead atoms. The van der Waals surface area contributed by atoms with Crippen LogP contribution in [0.5, 0.6) is 0 Å². The van der Waals surface area contributed by atoms with E-state index in [0.717, 1.165) is 36.8 Å². The van der Waals surface area contributed by atoms with Gasteiger partial charge in [-0.15, -0.1) is 11.3 Å². The molecular weight excluding hydrogens is 334 g/mol. The maximum atomic E-state index is 12.6. The Kier molecular flexibility index (Phi) is 5.23. The highest BCUT2D eigenvalue weighted by Gasteiger charge is 2.28. The number of nitrogens with one attached hydrogen (secondary N) is 1. The second kappa shape index (κ2) is 7.40. The van der Waals surface area contributed by atoms with E-state index in [4.69, 9.17) is 4.74 Å². The zero-order valence-corrected chi connectivity index (χ0v) is 15.7. The van der Waals surface area contributed by atoms with Gasteiger partial charge in [-0.05, 0) is 64.2 Å². The van der Waals surface area contributed by atoms with Crippen LogP contribution in [0.15, 0.2) is 24.3 Å². The molecule has 132 valence electrons. The van der Waals surface area contributed by atoms with E-state index in [1.807, 2.05) is 39.0 Å². The van der Waals surface area contributed by atoms with Gasteiger partial charge in [0.25, 0.3) is 5.91 Å². The lowest BCUT2D eigenvalue weighted by molar-refractivity contribution is 0.0378. The fraction of sp³-hybridized carbons (Fsp3) is 0.400. The third kappa shape index (κ3) is 3.93. The summed E-state index contributed by atoms with van der Waals surface area (Å²) in [6, 6.07) is 7.43. The average Bonchev–Trinajstić information content (AvgIpc) is 2.92. The van der Waals surface area contributed by atoms with Gasteiger partial charge in [0.15, 0.2) is 0 Å². The van der Waals surface area contributed by atoms with Crippen molar-refractivity contribution >= 4 is 28.2 Å². The van der Waals surface area contributed by atoms with Crippen LogP contribution in [0.3, 0.4) is 0 Å². The SMILES string of the molecule is Cc1cccc(C(=O)Nc2sc3c(c2C(=O)OC(C)C)CCCC3)c1. The van der Waals surface area contributed by atoms with Crippen molar-refractivity contribution in [2.75, 3.05) is 5.32 Å². The molecule has 1 heterocycles. The maximum Gasteiger partial charge on any atom is 0.341 e. The van der Waals surface area contributed by atoms with Crippen molar-refractivity contribution in [3.05, 3.63) is 51.4 Å². The summed E-state index contributed by atoms with van der Waals surface area (Å²) >= 11 is 1.51. The highest BCUT2D eigenvalue weighted by molar-refractivity contribution is 7.17. The Morgan fingerprint density at radius 3 is 2.68 bits per heavy atom. The molecule has 0 aliphatic heterocycles. The van der Waals surface area contributed by atoms with Crippen LogP contribution in [0.25, 0.3) is 0 Å². The smallest absolute Gasteiger partial charge is 0.341 e. The minimum Gasteiger partial charge on any atom is -0.459 e. The zero-order chi connectivity index (χ0) is 18.0. The minimum absolute atomic E-state index is 0.188. The van der Waals surface area contributed by atoms with Crippen LogP contribution < -0.4 is 5.32 Å². The van der Waals surface area contributed by atoms with E-state index in [1.165, 1.54) is 16.2 Å². The number of anilines is 1. The van der Waals surface area contributed by atoms with Gasteiger partial charge in [-0.25, -0.2) is 4.79 Å². The summed E-state index contributed by atoms with van der Waals surface area (Å²) in [5.74, 6) is -0.533. The highest BCUT2D eigenvalue weighted by atomic mass is 32.1. The number of amides is 1. The molecule has 1 aromatic carbocycles. The number of fused-ring (bicyclic) bond motifs is 1. The second-order valence-electron chi connectivity index (χ2n) is 6.69. The van der Waals surface area contributed by atoms with Crippen LogP contribution in [0.1, 0.15) is 63.4 Å². The first-order valence-corrected chi connectivity index (χ1v) is 9.51. The molecule has 2 aromatic rings. The molecule has 0 unspecified atom stereocenters. The Labute approximate surface area is 152 Å². The zero-order valence-electron chi connectivity index (χ0n) is 14.8. The summed E-state index contributed by atoms with van der Waals surface area (Å²) in [7, 11) is 0. The molecule has 0 saturated carbocycles. The highest BCUT2D eigenvalue weighted by Crippen LogP contribution is 2.39. The van der Waals surface area contributed by atoms with Gasteiger partial charge in [-0.1, -0.05) is 17.7 Å². The fourth-order valence-corrected chi connectivity index (χ4v) is 4.38. The number of hydrogen-bond donors (Lipinski definition) is 1. The summed E-state index contributed by atoms with van der Waals surface area (Å²) in [5, 5.41) is 3.56. The normalized spacial score (nSPS) is 13.4. The van der Waals surface area contributed by atoms with E-state index in [1.54, 1.807) is 6.07 Å². The first-order valence-electron chi connectivity index (χ1n) is 8.69. The van der Waals surface area contributed by atoms with E-state index in [2.05, 4.69) is 5.32 Å². The van der Waals surface area contributed by atoms with Crippen molar-refractivity contribution < 1.29 is 14.3 Å². The van der Waals surface area contributed by atoms with Crippen molar-refractivity contribution in [2.45, 2.75) is 52.6 Å². The molecule has 4 nitrogen and oxygen atoms in total. The van der Waals surface area contributed by atoms with Gasteiger partial charge in [0.2, 0.25) is 0 Å². The molecule has 0 fully saturated rings. The Morgan fingerprint density at radius 1 is 1.20 bits per heavy atom. The van der Waals surface area contributed by atoms with Crippen LogP contribution >= 0.6 is 11.3 Å². The van der Waals surface area contributed by atoms with Crippen LogP contribution in [0.4, 0.5) is 5.00 Å². The average molecular weight is 357 g/mol. The molecule has 0 spiro atoms.